The highest BCUT2D eigenvalue weighted by atomic mass is 16.6. The van der Waals surface area contributed by atoms with Crippen molar-refractivity contribution >= 4 is 23.1 Å². The number of carbonyl (C=O) groups is 1. The Bertz CT molecular complexity index is 1030. The second-order valence-corrected chi connectivity index (χ2v) is 6.39. The van der Waals surface area contributed by atoms with Gasteiger partial charge in [0.25, 0.3) is 0 Å². The number of rotatable bonds is 5. The number of nitrogen functional groups attached to an aromatic ring is 1. The molecular weight excluding hydrogens is 382 g/mol. The number of nitrogens with zero attached hydrogens (tertiary/aromatic N) is 4. The first-order chi connectivity index (χ1) is 14.0. The molecule has 1 saturated heterocycles. The maximum Gasteiger partial charge on any atom is 0.338 e. The van der Waals surface area contributed by atoms with Crippen molar-refractivity contribution in [1.82, 2.24) is 19.5 Å². The van der Waals surface area contributed by atoms with Crippen LogP contribution < -0.4 is 10.5 Å². The zero-order valence-corrected chi connectivity index (χ0v) is 15.4. The van der Waals surface area contributed by atoms with Crippen molar-refractivity contribution in [2.24, 2.45) is 0 Å². The molecular formula is C18H19N5O6. The average Bonchev–Trinajstić information content (AvgIpc) is 3.29. The Kier molecular flexibility index (Phi) is 5.01. The number of aromatic nitrogens is 4. The number of anilines is 1. The molecule has 0 amide bonds. The van der Waals surface area contributed by atoms with Crippen molar-refractivity contribution in [2.45, 2.75) is 24.5 Å². The Hall–Kier alpha value is -3.28. The first-order valence-corrected chi connectivity index (χ1v) is 8.78. The van der Waals surface area contributed by atoms with Crippen LogP contribution in [0.4, 0.5) is 5.95 Å². The molecule has 4 rings (SSSR count). The molecule has 152 valence electrons. The fraction of sp³-hybridized carbons (Fsp3) is 0.333. The lowest BCUT2D eigenvalue weighted by Crippen LogP contribution is -2.37. The highest BCUT2D eigenvalue weighted by Crippen LogP contribution is 2.34. The van der Waals surface area contributed by atoms with Crippen molar-refractivity contribution in [3.05, 3.63) is 42.2 Å². The SMILES string of the molecule is COc1nc(N)nc2c1ncn2[C@@H]1O[C@H](CO)[C@@H](OC(=O)c2ccccc2)[C@@H]1O. The molecule has 0 radical (unpaired) electrons. The monoisotopic (exact) mass is 401 g/mol. The maximum absolute atomic E-state index is 12.4. The van der Waals surface area contributed by atoms with Crippen molar-refractivity contribution in [2.75, 3.05) is 19.5 Å². The fourth-order valence-electron chi connectivity index (χ4n) is 3.24. The first-order valence-electron chi connectivity index (χ1n) is 8.78. The Morgan fingerprint density at radius 1 is 1.31 bits per heavy atom. The smallest absolute Gasteiger partial charge is 0.338 e. The van der Waals surface area contributed by atoms with E-state index in [0.717, 1.165) is 0 Å². The molecule has 3 heterocycles. The topological polar surface area (TPSA) is 155 Å². The number of benzene rings is 1. The van der Waals surface area contributed by atoms with Crippen LogP contribution in [0.5, 0.6) is 5.88 Å². The van der Waals surface area contributed by atoms with Crippen molar-refractivity contribution in [1.29, 1.82) is 0 Å². The third-order valence-electron chi connectivity index (χ3n) is 4.62. The van der Waals surface area contributed by atoms with E-state index in [1.54, 1.807) is 30.3 Å². The fourth-order valence-corrected chi connectivity index (χ4v) is 3.24. The zero-order chi connectivity index (χ0) is 20.5. The lowest BCUT2D eigenvalue weighted by molar-refractivity contribution is -0.0529. The molecule has 0 saturated carbocycles. The number of aliphatic hydroxyl groups excluding tert-OH is 2. The van der Waals surface area contributed by atoms with Gasteiger partial charge in [0.2, 0.25) is 11.8 Å². The number of carbonyl (C=O) groups excluding carboxylic acids is 1. The first kappa shape index (κ1) is 19.1. The molecule has 2 aromatic heterocycles. The van der Waals surface area contributed by atoms with E-state index < -0.39 is 37.1 Å². The van der Waals surface area contributed by atoms with Gasteiger partial charge in [-0.15, -0.1) is 0 Å². The number of ether oxygens (including phenoxy) is 3. The highest BCUT2D eigenvalue weighted by molar-refractivity contribution is 5.89. The molecule has 1 aliphatic heterocycles. The van der Waals surface area contributed by atoms with E-state index in [4.69, 9.17) is 19.9 Å². The van der Waals surface area contributed by atoms with Crippen LogP contribution in [0.25, 0.3) is 11.2 Å². The summed E-state index contributed by atoms with van der Waals surface area (Å²) in [5, 5.41) is 20.5. The molecule has 4 N–H and O–H groups in total. The van der Waals surface area contributed by atoms with Crippen LogP contribution in [0.15, 0.2) is 36.7 Å². The summed E-state index contributed by atoms with van der Waals surface area (Å²) in [5.41, 5.74) is 6.63. The highest BCUT2D eigenvalue weighted by Gasteiger charge is 2.47. The number of methoxy groups -OCH3 is 1. The number of esters is 1. The summed E-state index contributed by atoms with van der Waals surface area (Å²) in [4.78, 5) is 24.7. The van der Waals surface area contributed by atoms with Crippen LogP contribution in [0.3, 0.4) is 0 Å². The predicted molar refractivity (Wildman–Crippen MR) is 98.9 cm³/mol. The number of imidazole rings is 1. The Morgan fingerprint density at radius 3 is 2.76 bits per heavy atom. The molecule has 0 unspecified atom stereocenters. The minimum Gasteiger partial charge on any atom is -0.479 e. The molecule has 4 atom stereocenters. The zero-order valence-electron chi connectivity index (χ0n) is 15.4. The van der Waals surface area contributed by atoms with Gasteiger partial charge in [0, 0.05) is 0 Å². The maximum atomic E-state index is 12.4. The van der Waals surface area contributed by atoms with E-state index in [9.17, 15) is 15.0 Å². The summed E-state index contributed by atoms with van der Waals surface area (Å²) in [7, 11) is 1.42. The summed E-state index contributed by atoms with van der Waals surface area (Å²) in [6.07, 6.45) is -2.98. The molecule has 1 fully saturated rings. The van der Waals surface area contributed by atoms with Gasteiger partial charge >= 0.3 is 5.97 Å². The van der Waals surface area contributed by atoms with Crippen LogP contribution >= 0.6 is 0 Å². The van der Waals surface area contributed by atoms with Gasteiger partial charge in [-0.05, 0) is 12.1 Å². The number of hydrogen-bond acceptors (Lipinski definition) is 10. The van der Waals surface area contributed by atoms with Crippen LogP contribution in [-0.4, -0.2) is 67.7 Å². The van der Waals surface area contributed by atoms with Gasteiger partial charge in [-0.3, -0.25) is 4.57 Å². The van der Waals surface area contributed by atoms with E-state index >= 15 is 0 Å². The van der Waals surface area contributed by atoms with Gasteiger partial charge in [0.05, 0.1) is 25.6 Å². The molecule has 11 nitrogen and oxygen atoms in total. The summed E-state index contributed by atoms with van der Waals surface area (Å²) in [6, 6.07) is 8.33. The normalized spacial score (nSPS) is 24.0. The quantitative estimate of drug-likeness (QED) is 0.493. The van der Waals surface area contributed by atoms with E-state index in [2.05, 4.69) is 15.0 Å². The van der Waals surface area contributed by atoms with Crippen LogP contribution in [0.2, 0.25) is 0 Å². The number of fused-ring (bicyclic) bond motifs is 1. The Morgan fingerprint density at radius 2 is 2.07 bits per heavy atom. The Balaban J connectivity index is 1.64. The van der Waals surface area contributed by atoms with Gasteiger partial charge in [0.15, 0.2) is 23.5 Å². The molecule has 3 aromatic rings. The third-order valence-corrected chi connectivity index (χ3v) is 4.62. The van der Waals surface area contributed by atoms with Crippen molar-refractivity contribution in [3.8, 4) is 5.88 Å². The molecule has 1 aromatic carbocycles. The van der Waals surface area contributed by atoms with E-state index in [1.165, 1.54) is 18.0 Å². The summed E-state index contributed by atoms with van der Waals surface area (Å²) in [5.74, 6) is -0.514. The molecule has 0 spiro atoms. The Labute approximate surface area is 164 Å². The molecule has 1 aliphatic rings. The van der Waals surface area contributed by atoms with Crippen LogP contribution in [-0.2, 0) is 9.47 Å². The summed E-state index contributed by atoms with van der Waals surface area (Å²) < 4.78 is 17.8. The lowest BCUT2D eigenvalue weighted by atomic mass is 10.1. The minimum atomic E-state index is -1.29. The van der Waals surface area contributed by atoms with E-state index in [1.807, 2.05) is 0 Å². The molecule has 0 bridgehead atoms. The summed E-state index contributed by atoms with van der Waals surface area (Å²) >= 11 is 0. The predicted octanol–water partition coefficient (Wildman–Crippen LogP) is -0.107. The number of hydrogen-bond donors (Lipinski definition) is 3. The summed E-state index contributed by atoms with van der Waals surface area (Å²) in [6.45, 7) is -0.465. The van der Waals surface area contributed by atoms with E-state index in [-0.39, 0.29) is 17.5 Å². The molecule has 29 heavy (non-hydrogen) atoms. The van der Waals surface area contributed by atoms with Gasteiger partial charge in [0.1, 0.15) is 12.2 Å². The van der Waals surface area contributed by atoms with Crippen molar-refractivity contribution in [3.63, 3.8) is 0 Å². The van der Waals surface area contributed by atoms with Gasteiger partial charge < -0.3 is 30.2 Å². The van der Waals surface area contributed by atoms with Gasteiger partial charge in [-0.2, -0.15) is 9.97 Å². The molecule has 11 heteroatoms. The lowest BCUT2D eigenvalue weighted by Gasteiger charge is -2.20. The van der Waals surface area contributed by atoms with Gasteiger partial charge in [-0.1, -0.05) is 18.2 Å². The standard InChI is InChI=1S/C18H19N5O6/c1-27-15-11-14(21-18(19)22-15)23(8-20-11)16-12(25)13(10(7-24)28-16)29-17(26)9-5-3-2-4-6-9/h2-6,8,10,12-13,16,24-25H,7H2,1H3,(H2,19,21,22)/t10-,12+,13-,16-/m1/s1. The average molecular weight is 401 g/mol. The number of nitrogens with two attached hydrogens (primary N) is 1. The minimum absolute atomic E-state index is 0.0469. The third kappa shape index (κ3) is 3.35. The van der Waals surface area contributed by atoms with Crippen molar-refractivity contribution < 1.29 is 29.2 Å². The van der Waals surface area contributed by atoms with E-state index in [0.29, 0.717) is 11.1 Å². The van der Waals surface area contributed by atoms with Gasteiger partial charge in [-0.25, -0.2) is 9.78 Å². The number of aliphatic hydroxyl groups is 2. The van der Waals surface area contributed by atoms with Crippen LogP contribution in [0.1, 0.15) is 16.6 Å². The molecule has 0 aliphatic carbocycles. The largest absolute Gasteiger partial charge is 0.479 e. The second kappa shape index (κ2) is 7.62. The second-order valence-electron chi connectivity index (χ2n) is 6.39. The van der Waals surface area contributed by atoms with Crippen LogP contribution in [0, 0.1) is 0 Å².